The molecule has 0 saturated carbocycles. The van der Waals surface area contributed by atoms with Crippen LogP contribution >= 0.6 is 0 Å². The fourth-order valence-corrected chi connectivity index (χ4v) is 2.41. The molecule has 2 aromatic rings. The number of carbonyl (C=O) groups excluding carboxylic acids is 1. The molecule has 5 heteroatoms. The van der Waals surface area contributed by atoms with Gasteiger partial charge in [0.05, 0.1) is 5.92 Å². The van der Waals surface area contributed by atoms with Gasteiger partial charge in [-0.15, -0.1) is 0 Å². The second-order valence-electron chi connectivity index (χ2n) is 5.28. The molecule has 5 nitrogen and oxygen atoms in total. The largest absolute Gasteiger partial charge is 0.326 e. The molecular weight excluding hydrogens is 264 g/mol. The summed E-state index contributed by atoms with van der Waals surface area (Å²) in [6.45, 7) is 3.62. The number of rotatable bonds is 3. The minimum atomic E-state index is 0.0739. The first-order chi connectivity index (χ1) is 10.2. The van der Waals surface area contributed by atoms with E-state index in [1.165, 1.54) is 0 Å². The molecule has 1 aromatic carbocycles. The smallest absolute Gasteiger partial charge is 0.228 e. The van der Waals surface area contributed by atoms with Crippen molar-refractivity contribution in [1.29, 1.82) is 0 Å². The zero-order valence-electron chi connectivity index (χ0n) is 12.0. The van der Waals surface area contributed by atoms with Crippen molar-refractivity contribution in [2.75, 3.05) is 18.4 Å². The van der Waals surface area contributed by atoms with Crippen LogP contribution in [-0.2, 0) is 4.79 Å². The van der Waals surface area contributed by atoms with E-state index in [1.807, 2.05) is 37.3 Å². The number of anilines is 1. The van der Waals surface area contributed by atoms with Crippen LogP contribution in [0.4, 0.5) is 5.69 Å². The third kappa shape index (κ3) is 3.25. The predicted octanol–water partition coefficient (Wildman–Crippen LogP) is 2.00. The quantitative estimate of drug-likeness (QED) is 0.903. The summed E-state index contributed by atoms with van der Waals surface area (Å²) in [5, 5.41) is 6.15. The highest BCUT2D eigenvalue weighted by molar-refractivity contribution is 5.93. The molecule has 0 spiro atoms. The molecule has 1 fully saturated rings. The molecule has 1 atom stereocenters. The molecule has 1 saturated heterocycles. The highest BCUT2D eigenvalue weighted by Crippen LogP contribution is 2.19. The molecule has 1 aromatic heterocycles. The van der Waals surface area contributed by atoms with Gasteiger partial charge in [-0.25, -0.2) is 9.97 Å². The average Bonchev–Trinajstić information content (AvgIpc) is 3.02. The minimum Gasteiger partial charge on any atom is -0.326 e. The Morgan fingerprint density at radius 1 is 1.29 bits per heavy atom. The Morgan fingerprint density at radius 3 is 2.76 bits per heavy atom. The second kappa shape index (κ2) is 6.01. The molecule has 108 valence electrons. The number of aryl methyl sites for hydroxylation is 1. The van der Waals surface area contributed by atoms with E-state index in [0.717, 1.165) is 36.5 Å². The number of carbonyl (C=O) groups is 1. The van der Waals surface area contributed by atoms with Crippen molar-refractivity contribution in [1.82, 2.24) is 15.3 Å². The number of aromatic nitrogens is 2. The fourth-order valence-electron chi connectivity index (χ4n) is 2.41. The molecule has 1 unspecified atom stereocenters. The van der Waals surface area contributed by atoms with Gasteiger partial charge in [-0.3, -0.25) is 4.79 Å². The van der Waals surface area contributed by atoms with Crippen LogP contribution in [0.1, 0.15) is 12.1 Å². The SMILES string of the molecule is Cc1ccnc(-c2ccc(NC(=O)C3CCNC3)cc2)n1. The van der Waals surface area contributed by atoms with E-state index in [0.29, 0.717) is 5.82 Å². The first-order valence-electron chi connectivity index (χ1n) is 7.14. The van der Waals surface area contributed by atoms with E-state index < -0.39 is 0 Å². The zero-order chi connectivity index (χ0) is 14.7. The molecule has 1 aliphatic rings. The van der Waals surface area contributed by atoms with Gasteiger partial charge in [0.15, 0.2) is 5.82 Å². The van der Waals surface area contributed by atoms with Crippen LogP contribution in [0, 0.1) is 12.8 Å². The Hall–Kier alpha value is -2.27. The maximum Gasteiger partial charge on any atom is 0.228 e. The molecule has 2 N–H and O–H groups in total. The molecule has 3 rings (SSSR count). The van der Waals surface area contributed by atoms with E-state index in [4.69, 9.17) is 0 Å². The monoisotopic (exact) mass is 282 g/mol. The zero-order valence-corrected chi connectivity index (χ0v) is 12.0. The van der Waals surface area contributed by atoms with E-state index in [2.05, 4.69) is 20.6 Å². The van der Waals surface area contributed by atoms with Gasteiger partial charge in [-0.05, 0) is 50.2 Å². The summed E-state index contributed by atoms with van der Waals surface area (Å²) in [5.74, 6) is 0.859. The predicted molar refractivity (Wildman–Crippen MR) is 81.8 cm³/mol. The molecule has 2 heterocycles. The van der Waals surface area contributed by atoms with Crippen molar-refractivity contribution in [3.8, 4) is 11.4 Å². The molecule has 0 bridgehead atoms. The van der Waals surface area contributed by atoms with Gasteiger partial charge in [-0.2, -0.15) is 0 Å². The third-order valence-corrected chi connectivity index (χ3v) is 3.64. The lowest BCUT2D eigenvalue weighted by Crippen LogP contribution is -2.24. The van der Waals surface area contributed by atoms with Crippen LogP contribution in [0.25, 0.3) is 11.4 Å². The summed E-state index contributed by atoms with van der Waals surface area (Å²) in [5.41, 5.74) is 2.69. The van der Waals surface area contributed by atoms with Gasteiger partial charge >= 0.3 is 0 Å². The van der Waals surface area contributed by atoms with Gasteiger partial charge < -0.3 is 10.6 Å². The van der Waals surface area contributed by atoms with Crippen LogP contribution < -0.4 is 10.6 Å². The average molecular weight is 282 g/mol. The van der Waals surface area contributed by atoms with E-state index in [-0.39, 0.29) is 11.8 Å². The van der Waals surface area contributed by atoms with Crippen LogP contribution in [0.3, 0.4) is 0 Å². The molecule has 0 aliphatic carbocycles. The van der Waals surface area contributed by atoms with Gasteiger partial charge in [0.25, 0.3) is 0 Å². The Balaban J connectivity index is 1.70. The van der Waals surface area contributed by atoms with Crippen LogP contribution in [0.15, 0.2) is 36.5 Å². The van der Waals surface area contributed by atoms with Gasteiger partial charge in [0.1, 0.15) is 0 Å². The van der Waals surface area contributed by atoms with Crippen molar-refractivity contribution in [3.63, 3.8) is 0 Å². The number of hydrogen-bond acceptors (Lipinski definition) is 4. The summed E-state index contributed by atoms with van der Waals surface area (Å²) in [7, 11) is 0. The summed E-state index contributed by atoms with van der Waals surface area (Å²) in [4.78, 5) is 20.7. The number of hydrogen-bond donors (Lipinski definition) is 2. The van der Waals surface area contributed by atoms with Crippen LogP contribution in [0.5, 0.6) is 0 Å². The summed E-state index contributed by atoms with van der Waals surface area (Å²) in [6.07, 6.45) is 2.65. The minimum absolute atomic E-state index is 0.0739. The Bertz CT molecular complexity index is 633. The number of benzene rings is 1. The third-order valence-electron chi connectivity index (χ3n) is 3.64. The van der Waals surface area contributed by atoms with Gasteiger partial charge in [0, 0.05) is 29.7 Å². The van der Waals surface area contributed by atoms with E-state index in [9.17, 15) is 4.79 Å². The highest BCUT2D eigenvalue weighted by Gasteiger charge is 2.22. The number of nitrogens with one attached hydrogen (secondary N) is 2. The lowest BCUT2D eigenvalue weighted by Gasteiger charge is -2.10. The molecule has 1 aliphatic heterocycles. The second-order valence-corrected chi connectivity index (χ2v) is 5.28. The van der Waals surface area contributed by atoms with Crippen LogP contribution in [-0.4, -0.2) is 29.0 Å². The Morgan fingerprint density at radius 2 is 2.10 bits per heavy atom. The van der Waals surface area contributed by atoms with Gasteiger partial charge in [0.2, 0.25) is 5.91 Å². The lowest BCUT2D eigenvalue weighted by molar-refractivity contribution is -0.119. The summed E-state index contributed by atoms with van der Waals surface area (Å²) < 4.78 is 0. The van der Waals surface area contributed by atoms with Crippen molar-refractivity contribution in [3.05, 3.63) is 42.2 Å². The van der Waals surface area contributed by atoms with Gasteiger partial charge in [-0.1, -0.05) is 0 Å². The number of nitrogens with zero attached hydrogens (tertiary/aromatic N) is 2. The lowest BCUT2D eigenvalue weighted by atomic mass is 10.1. The van der Waals surface area contributed by atoms with E-state index >= 15 is 0 Å². The fraction of sp³-hybridized carbons (Fsp3) is 0.312. The molecule has 0 radical (unpaired) electrons. The standard InChI is InChI=1S/C16H18N4O/c1-11-6-9-18-15(19-11)12-2-4-14(5-3-12)20-16(21)13-7-8-17-10-13/h2-6,9,13,17H,7-8,10H2,1H3,(H,20,21). The van der Waals surface area contributed by atoms with Crippen molar-refractivity contribution in [2.24, 2.45) is 5.92 Å². The Labute approximate surface area is 123 Å². The maximum atomic E-state index is 12.0. The number of amides is 1. The Kier molecular flexibility index (Phi) is 3.92. The van der Waals surface area contributed by atoms with Crippen molar-refractivity contribution in [2.45, 2.75) is 13.3 Å². The molecular formula is C16H18N4O. The topological polar surface area (TPSA) is 66.9 Å². The molecule has 1 amide bonds. The van der Waals surface area contributed by atoms with Crippen LogP contribution in [0.2, 0.25) is 0 Å². The maximum absolute atomic E-state index is 12.0. The first kappa shape index (κ1) is 13.7. The van der Waals surface area contributed by atoms with E-state index in [1.54, 1.807) is 6.20 Å². The summed E-state index contributed by atoms with van der Waals surface area (Å²) >= 11 is 0. The van der Waals surface area contributed by atoms with Crippen molar-refractivity contribution >= 4 is 11.6 Å². The van der Waals surface area contributed by atoms with Crippen molar-refractivity contribution < 1.29 is 4.79 Å². The normalized spacial score (nSPS) is 17.7. The first-order valence-corrected chi connectivity index (χ1v) is 7.14. The summed E-state index contributed by atoms with van der Waals surface area (Å²) in [6, 6.07) is 9.50. The molecule has 21 heavy (non-hydrogen) atoms. The highest BCUT2D eigenvalue weighted by atomic mass is 16.1.